The summed E-state index contributed by atoms with van der Waals surface area (Å²) >= 11 is 0. The molecular weight excluding hydrogens is 400 g/mol. The van der Waals surface area contributed by atoms with Crippen LogP contribution in [0.15, 0.2) is 54.7 Å². The molecule has 4 aromatic rings. The average Bonchev–Trinajstić information content (AvgIpc) is 3.13. The van der Waals surface area contributed by atoms with Crippen LogP contribution < -0.4 is 11.1 Å². The van der Waals surface area contributed by atoms with Gasteiger partial charge in [-0.3, -0.25) is 4.79 Å². The molecule has 5 rings (SSSR count). The molecule has 0 bridgehead atoms. The quantitative estimate of drug-likeness (QED) is 0.511. The first-order valence-corrected chi connectivity index (χ1v) is 10.8. The smallest absolute Gasteiger partial charge is 0.250 e. The molecule has 0 spiro atoms. The molecule has 162 valence electrons. The Bertz CT molecular complexity index is 1310. The van der Waals surface area contributed by atoms with Gasteiger partial charge >= 0.3 is 0 Å². The van der Waals surface area contributed by atoms with Crippen LogP contribution in [0.5, 0.6) is 0 Å². The van der Waals surface area contributed by atoms with E-state index in [4.69, 9.17) is 15.7 Å². The number of fused-ring (bicyclic) bond motifs is 2. The highest BCUT2D eigenvalue weighted by molar-refractivity contribution is 6.00. The third-order valence-corrected chi connectivity index (χ3v) is 6.04. The minimum absolute atomic E-state index is 0.446. The number of aromatic nitrogens is 3. The van der Waals surface area contributed by atoms with Crippen molar-refractivity contribution in [1.29, 1.82) is 0 Å². The van der Waals surface area contributed by atoms with E-state index in [0.717, 1.165) is 47.8 Å². The highest BCUT2D eigenvalue weighted by Gasteiger charge is 2.23. The molecule has 0 saturated heterocycles. The topological polar surface area (TPSA) is 88.5 Å². The predicted octanol–water partition coefficient (Wildman–Crippen LogP) is 3.40. The van der Waals surface area contributed by atoms with Gasteiger partial charge < -0.3 is 20.4 Å². The third kappa shape index (κ3) is 3.61. The van der Waals surface area contributed by atoms with Crippen LogP contribution >= 0.6 is 0 Å². The second-order valence-electron chi connectivity index (χ2n) is 8.37. The number of benzene rings is 1. The molecular formula is C25H26N6O. The fourth-order valence-corrected chi connectivity index (χ4v) is 4.41. The van der Waals surface area contributed by atoms with Crippen LogP contribution in [-0.2, 0) is 19.5 Å². The van der Waals surface area contributed by atoms with Crippen LogP contribution in [0.2, 0.25) is 0 Å². The normalized spacial score (nSPS) is 13.8. The lowest BCUT2D eigenvalue weighted by Crippen LogP contribution is -2.29. The molecule has 0 aliphatic carbocycles. The van der Waals surface area contributed by atoms with Gasteiger partial charge in [-0.1, -0.05) is 30.3 Å². The van der Waals surface area contributed by atoms with Crippen molar-refractivity contribution in [3.63, 3.8) is 0 Å². The van der Waals surface area contributed by atoms with Crippen molar-refractivity contribution in [3.8, 4) is 11.5 Å². The molecule has 1 aliphatic heterocycles. The van der Waals surface area contributed by atoms with Gasteiger partial charge in [0, 0.05) is 31.4 Å². The number of nitrogens with one attached hydrogen (secondary N) is 1. The van der Waals surface area contributed by atoms with Gasteiger partial charge in [0.05, 0.1) is 22.5 Å². The molecule has 4 heterocycles. The van der Waals surface area contributed by atoms with E-state index in [2.05, 4.69) is 29.4 Å². The van der Waals surface area contributed by atoms with Crippen LogP contribution in [0.1, 0.15) is 32.7 Å². The molecule has 0 radical (unpaired) electrons. The number of carbonyl (C=O) groups is 1. The first-order valence-electron chi connectivity index (χ1n) is 10.8. The van der Waals surface area contributed by atoms with Gasteiger partial charge in [-0.05, 0) is 49.7 Å². The zero-order valence-corrected chi connectivity index (χ0v) is 18.3. The minimum atomic E-state index is -0.446. The van der Waals surface area contributed by atoms with Gasteiger partial charge in [-0.15, -0.1) is 0 Å². The second kappa shape index (κ2) is 8.09. The first-order chi connectivity index (χ1) is 15.5. The fraction of sp³-hybridized carbons (Fsp3) is 0.240. The Morgan fingerprint density at radius 2 is 1.97 bits per heavy atom. The summed E-state index contributed by atoms with van der Waals surface area (Å²) < 4.78 is 1.96. The number of hydrogen-bond donors (Lipinski definition) is 2. The number of nitrogens with two attached hydrogens (primary N) is 1. The maximum Gasteiger partial charge on any atom is 0.250 e. The van der Waals surface area contributed by atoms with Gasteiger partial charge in [-0.25, -0.2) is 9.97 Å². The van der Waals surface area contributed by atoms with Crippen molar-refractivity contribution in [3.05, 3.63) is 82.7 Å². The highest BCUT2D eigenvalue weighted by atomic mass is 16.1. The standard InChI is InChI=1S/C25H26N6O/c1-16-13-21-19(23(26)32)9-6-11-31(21)22(16)25-28-20-15-30(2)12-10-18(20)24(29-25)27-14-17-7-4-3-5-8-17/h3-9,11,13H,10,12,14-15H2,1-2H3,(H2,26,32)(H,27,28,29). The molecule has 3 aromatic heterocycles. The molecule has 32 heavy (non-hydrogen) atoms. The fourth-order valence-electron chi connectivity index (χ4n) is 4.41. The Labute approximate surface area is 186 Å². The first kappa shape index (κ1) is 20.2. The van der Waals surface area contributed by atoms with Gasteiger partial charge in [0.1, 0.15) is 5.82 Å². The van der Waals surface area contributed by atoms with Crippen LogP contribution in [0.25, 0.3) is 17.0 Å². The number of pyridine rings is 1. The van der Waals surface area contributed by atoms with Gasteiger partial charge in [-0.2, -0.15) is 0 Å². The molecule has 7 nitrogen and oxygen atoms in total. The molecule has 1 amide bonds. The Hall–Kier alpha value is -3.71. The van der Waals surface area contributed by atoms with Gasteiger partial charge in [0.15, 0.2) is 5.82 Å². The van der Waals surface area contributed by atoms with Crippen molar-refractivity contribution in [2.45, 2.75) is 26.4 Å². The van der Waals surface area contributed by atoms with E-state index < -0.39 is 5.91 Å². The van der Waals surface area contributed by atoms with Crippen molar-refractivity contribution in [1.82, 2.24) is 19.3 Å². The Kier molecular flexibility index (Phi) is 5.11. The van der Waals surface area contributed by atoms with Crippen LogP contribution in [-0.4, -0.2) is 38.8 Å². The Balaban J connectivity index is 1.63. The lowest BCUT2D eigenvalue weighted by molar-refractivity contribution is 0.100. The summed E-state index contributed by atoms with van der Waals surface area (Å²) in [7, 11) is 2.11. The number of carbonyl (C=O) groups excluding carboxylic acids is 1. The van der Waals surface area contributed by atoms with Crippen molar-refractivity contribution >= 4 is 17.2 Å². The predicted molar refractivity (Wildman–Crippen MR) is 125 cm³/mol. The minimum Gasteiger partial charge on any atom is -0.366 e. The summed E-state index contributed by atoms with van der Waals surface area (Å²) in [6.07, 6.45) is 2.83. The van der Waals surface area contributed by atoms with Gasteiger partial charge in [0.25, 0.3) is 5.91 Å². The highest BCUT2D eigenvalue weighted by Crippen LogP contribution is 2.31. The zero-order chi connectivity index (χ0) is 22.2. The molecule has 1 aromatic carbocycles. The maximum absolute atomic E-state index is 11.9. The second-order valence-corrected chi connectivity index (χ2v) is 8.37. The summed E-state index contributed by atoms with van der Waals surface area (Å²) in [6.45, 7) is 4.46. The molecule has 0 fully saturated rings. The Morgan fingerprint density at radius 3 is 2.75 bits per heavy atom. The van der Waals surface area contributed by atoms with Crippen molar-refractivity contribution in [2.75, 3.05) is 18.9 Å². The number of nitrogens with zero attached hydrogens (tertiary/aromatic N) is 4. The van der Waals surface area contributed by atoms with Crippen molar-refractivity contribution in [2.24, 2.45) is 5.73 Å². The lowest BCUT2D eigenvalue weighted by atomic mass is 10.1. The number of amides is 1. The van der Waals surface area contributed by atoms with Crippen LogP contribution in [0.4, 0.5) is 5.82 Å². The van der Waals surface area contributed by atoms with Crippen LogP contribution in [0, 0.1) is 6.92 Å². The molecule has 3 N–H and O–H groups in total. The van der Waals surface area contributed by atoms with E-state index in [1.54, 1.807) is 6.07 Å². The van der Waals surface area contributed by atoms with E-state index in [0.29, 0.717) is 17.9 Å². The summed E-state index contributed by atoms with van der Waals surface area (Å²) in [6, 6.07) is 15.9. The average molecular weight is 427 g/mol. The van der Waals surface area contributed by atoms with Crippen LogP contribution in [0.3, 0.4) is 0 Å². The molecule has 0 unspecified atom stereocenters. The van der Waals surface area contributed by atoms with E-state index in [1.165, 1.54) is 11.1 Å². The number of likely N-dealkylation sites (N-methyl/N-ethyl adjacent to an activating group) is 1. The molecule has 7 heteroatoms. The SMILES string of the molecule is Cc1cc2c(C(N)=O)cccn2c1-c1nc2c(c(NCc3ccccc3)n1)CCN(C)C2. The van der Waals surface area contributed by atoms with Gasteiger partial charge in [0.2, 0.25) is 0 Å². The third-order valence-electron chi connectivity index (χ3n) is 6.04. The largest absolute Gasteiger partial charge is 0.366 e. The number of aryl methyl sites for hydroxylation is 1. The molecule has 0 saturated carbocycles. The number of hydrogen-bond acceptors (Lipinski definition) is 5. The van der Waals surface area contributed by atoms with E-state index in [-0.39, 0.29) is 0 Å². The lowest BCUT2D eigenvalue weighted by Gasteiger charge is -2.26. The van der Waals surface area contributed by atoms with E-state index >= 15 is 0 Å². The molecule has 1 aliphatic rings. The monoisotopic (exact) mass is 426 g/mol. The summed E-state index contributed by atoms with van der Waals surface area (Å²) in [5.41, 5.74) is 12.2. The van der Waals surface area contributed by atoms with E-state index in [9.17, 15) is 4.79 Å². The number of rotatable bonds is 5. The maximum atomic E-state index is 11.9. The molecule has 0 atom stereocenters. The number of primary amides is 1. The summed E-state index contributed by atoms with van der Waals surface area (Å²) in [5.74, 6) is 1.08. The van der Waals surface area contributed by atoms with E-state index in [1.807, 2.05) is 47.9 Å². The number of anilines is 1. The summed E-state index contributed by atoms with van der Waals surface area (Å²) in [5, 5.41) is 3.55. The zero-order valence-electron chi connectivity index (χ0n) is 18.3. The van der Waals surface area contributed by atoms with Crippen molar-refractivity contribution < 1.29 is 4.79 Å². The Morgan fingerprint density at radius 1 is 1.16 bits per heavy atom. The summed E-state index contributed by atoms with van der Waals surface area (Å²) in [4.78, 5) is 24.2.